The fourth-order valence-electron chi connectivity index (χ4n) is 6.89. The van der Waals surface area contributed by atoms with Crippen LogP contribution >= 0.6 is 11.6 Å². The van der Waals surface area contributed by atoms with Gasteiger partial charge in [0.15, 0.2) is 0 Å². The number of benzene rings is 3. The van der Waals surface area contributed by atoms with Gasteiger partial charge in [-0.2, -0.15) is 0 Å². The Hall–Kier alpha value is -3.89. The molecule has 2 aliphatic heterocycles. The first-order chi connectivity index (χ1) is 21.7. The fraction of sp³-hybridized carbons (Fsp3) is 0.314. The maximum absolute atomic E-state index is 14.0. The topological polar surface area (TPSA) is 117 Å². The Morgan fingerprint density at radius 1 is 1.04 bits per heavy atom. The summed E-state index contributed by atoms with van der Waals surface area (Å²) in [5, 5.41) is 29.6. The van der Waals surface area contributed by atoms with Gasteiger partial charge in [0.2, 0.25) is 11.8 Å². The second-order valence-electron chi connectivity index (χ2n) is 11.8. The molecule has 0 unspecified atom stereocenters. The summed E-state index contributed by atoms with van der Waals surface area (Å²) in [5.41, 5.74) is 4.58. The standard InChI is InChI=1S/C35H35BClNO7/c1-2-21(15-22-12-13-26(39)18-30(22)37)11-14-31-32-23(19-44-27-9-4-3-5-10-27)16-28-33(29(32)20-45-31)35(41)38(34(28)40)25-8-6-7-24(17-25)36(42)43/h3-10,12-13,15,17-18,28-29,31,33,39,42-43H,2,11,14,16,19-20H2,1H3/b21-15+/t28-,29+,31-,33-/m1/s1. The van der Waals surface area contributed by atoms with Gasteiger partial charge >= 0.3 is 7.12 Å². The van der Waals surface area contributed by atoms with E-state index in [1.807, 2.05) is 36.4 Å². The van der Waals surface area contributed by atoms with Crippen molar-refractivity contribution in [1.82, 2.24) is 0 Å². The van der Waals surface area contributed by atoms with Gasteiger partial charge in [-0.3, -0.25) is 14.5 Å². The van der Waals surface area contributed by atoms with Crippen molar-refractivity contribution in [3.05, 3.63) is 100 Å². The number of phenols is 1. The SMILES string of the molecule is CC/C(=C\c1ccc(O)cc1Cl)CC[C@H]1OC[C@H]2C1=C(COc1ccccc1)C[C@H]1C(=O)N(c3cccc(B(O)O)c3)C(=O)[C@H]12. The first-order valence-corrected chi connectivity index (χ1v) is 15.7. The Kier molecular flexibility index (Phi) is 9.15. The van der Waals surface area contributed by atoms with Crippen molar-refractivity contribution in [3.8, 4) is 11.5 Å². The normalized spacial score (nSPS) is 22.9. The molecule has 0 aromatic heterocycles. The van der Waals surface area contributed by atoms with E-state index in [9.17, 15) is 24.7 Å². The highest BCUT2D eigenvalue weighted by Crippen LogP contribution is 2.50. The number of nitrogens with zero attached hydrogens (tertiary/aromatic N) is 1. The van der Waals surface area contributed by atoms with E-state index < -0.39 is 19.0 Å². The molecule has 6 rings (SSSR count). The molecular weight excluding hydrogens is 593 g/mol. The second kappa shape index (κ2) is 13.2. The Balaban J connectivity index is 1.29. The number of carbonyl (C=O) groups is 2. The van der Waals surface area contributed by atoms with Crippen molar-refractivity contribution in [1.29, 1.82) is 0 Å². The smallest absolute Gasteiger partial charge is 0.488 e. The summed E-state index contributed by atoms with van der Waals surface area (Å²) in [7, 11) is -1.72. The van der Waals surface area contributed by atoms with Crippen molar-refractivity contribution in [3.63, 3.8) is 0 Å². The first kappa shape index (κ1) is 31.1. The van der Waals surface area contributed by atoms with Crippen molar-refractivity contribution >= 4 is 47.8 Å². The summed E-state index contributed by atoms with van der Waals surface area (Å²) in [5.74, 6) is -1.15. The summed E-state index contributed by atoms with van der Waals surface area (Å²) >= 11 is 6.37. The molecule has 3 N–H and O–H groups in total. The lowest BCUT2D eigenvalue weighted by atomic mass is 9.69. The Labute approximate surface area is 267 Å². The number of para-hydroxylation sites is 1. The number of amides is 2. The molecule has 2 fully saturated rings. The number of phenolic OH excluding ortho intramolecular Hbond substituents is 1. The third-order valence-electron chi connectivity index (χ3n) is 9.12. The number of rotatable bonds is 10. The van der Waals surface area contributed by atoms with Gasteiger partial charge in [-0.25, -0.2) is 0 Å². The van der Waals surface area contributed by atoms with Gasteiger partial charge in [0.25, 0.3) is 0 Å². The molecule has 10 heteroatoms. The van der Waals surface area contributed by atoms with E-state index in [0.29, 0.717) is 30.2 Å². The van der Waals surface area contributed by atoms with Gasteiger partial charge in [0, 0.05) is 5.92 Å². The van der Waals surface area contributed by atoms with Crippen LogP contribution in [-0.2, 0) is 14.3 Å². The van der Waals surface area contributed by atoms with Crippen LogP contribution < -0.4 is 15.1 Å². The first-order valence-electron chi connectivity index (χ1n) is 15.3. The summed E-state index contributed by atoms with van der Waals surface area (Å²) in [6.45, 7) is 2.70. The van der Waals surface area contributed by atoms with Crippen LogP contribution in [0.25, 0.3) is 6.08 Å². The van der Waals surface area contributed by atoms with Crippen LogP contribution in [0.3, 0.4) is 0 Å². The molecule has 2 saturated heterocycles. The molecule has 2 amide bonds. The van der Waals surface area contributed by atoms with Crippen LogP contribution in [0.5, 0.6) is 11.5 Å². The van der Waals surface area contributed by atoms with Crippen molar-refractivity contribution < 1.29 is 34.2 Å². The zero-order chi connectivity index (χ0) is 31.7. The third-order valence-corrected chi connectivity index (χ3v) is 9.44. The summed E-state index contributed by atoms with van der Waals surface area (Å²) in [6, 6.07) is 20.7. The lowest BCUT2D eigenvalue weighted by Gasteiger charge is -2.31. The van der Waals surface area contributed by atoms with Crippen LogP contribution in [0.15, 0.2) is 89.5 Å². The molecule has 3 aromatic rings. The predicted octanol–water partition coefficient (Wildman–Crippen LogP) is 4.90. The van der Waals surface area contributed by atoms with Crippen LogP contribution in [0.4, 0.5) is 5.69 Å². The zero-order valence-corrected chi connectivity index (χ0v) is 25.7. The summed E-state index contributed by atoms with van der Waals surface area (Å²) in [6.07, 6.45) is 4.44. The van der Waals surface area contributed by atoms with E-state index in [-0.39, 0.29) is 41.7 Å². The Morgan fingerprint density at radius 3 is 2.58 bits per heavy atom. The molecule has 0 radical (unpaired) electrons. The summed E-state index contributed by atoms with van der Waals surface area (Å²) in [4.78, 5) is 29.0. The molecule has 4 atom stereocenters. The average molecular weight is 628 g/mol. The Bertz CT molecular complexity index is 1660. The van der Waals surface area contributed by atoms with Crippen LogP contribution in [-0.4, -0.2) is 53.4 Å². The lowest BCUT2D eigenvalue weighted by molar-refractivity contribution is -0.122. The Morgan fingerprint density at radius 2 is 1.84 bits per heavy atom. The number of anilines is 1. The zero-order valence-electron chi connectivity index (χ0n) is 24.9. The minimum absolute atomic E-state index is 0.116. The molecule has 3 aromatic carbocycles. The number of imide groups is 1. The number of ether oxygens (including phenoxy) is 2. The van der Waals surface area contributed by atoms with E-state index in [0.717, 1.165) is 35.3 Å². The minimum atomic E-state index is -1.72. The van der Waals surface area contributed by atoms with Crippen molar-refractivity contribution in [2.75, 3.05) is 18.1 Å². The molecule has 45 heavy (non-hydrogen) atoms. The van der Waals surface area contributed by atoms with Crippen LogP contribution in [0.2, 0.25) is 5.02 Å². The van der Waals surface area contributed by atoms with Crippen molar-refractivity contribution in [2.24, 2.45) is 17.8 Å². The minimum Gasteiger partial charge on any atom is -0.508 e. The quantitative estimate of drug-likeness (QED) is 0.166. The van der Waals surface area contributed by atoms with Gasteiger partial charge in [-0.15, -0.1) is 0 Å². The van der Waals surface area contributed by atoms with Crippen LogP contribution in [0.1, 0.15) is 38.2 Å². The van der Waals surface area contributed by atoms with E-state index in [2.05, 4.69) is 6.92 Å². The maximum atomic E-state index is 14.0. The monoisotopic (exact) mass is 627 g/mol. The number of carbonyl (C=O) groups excluding carboxylic acids is 2. The average Bonchev–Trinajstić information content (AvgIpc) is 3.57. The molecule has 3 aliphatic rings. The summed E-state index contributed by atoms with van der Waals surface area (Å²) < 4.78 is 12.6. The largest absolute Gasteiger partial charge is 0.508 e. The fourth-order valence-corrected chi connectivity index (χ4v) is 7.12. The number of fused-ring (bicyclic) bond motifs is 3. The second-order valence-corrected chi connectivity index (χ2v) is 12.2. The number of aromatic hydroxyl groups is 1. The molecular formula is C35H35BClNO7. The number of halogens is 1. The highest BCUT2D eigenvalue weighted by molar-refractivity contribution is 6.58. The highest BCUT2D eigenvalue weighted by atomic mass is 35.5. The molecule has 0 saturated carbocycles. The van der Waals surface area contributed by atoms with Gasteiger partial charge in [0.05, 0.1) is 35.3 Å². The van der Waals surface area contributed by atoms with Gasteiger partial charge < -0.3 is 24.6 Å². The number of allylic oxidation sites excluding steroid dienone is 1. The highest BCUT2D eigenvalue weighted by Gasteiger charge is 2.57. The molecule has 232 valence electrons. The van der Waals surface area contributed by atoms with Crippen LogP contribution in [0, 0.1) is 17.8 Å². The molecule has 8 nitrogen and oxygen atoms in total. The van der Waals surface area contributed by atoms with Gasteiger partial charge in [-0.1, -0.05) is 60.5 Å². The van der Waals surface area contributed by atoms with E-state index in [1.54, 1.807) is 24.3 Å². The number of hydrogen-bond acceptors (Lipinski definition) is 7. The molecule has 0 bridgehead atoms. The van der Waals surface area contributed by atoms with E-state index in [1.165, 1.54) is 28.7 Å². The van der Waals surface area contributed by atoms with Gasteiger partial charge in [-0.05, 0) is 90.3 Å². The van der Waals surface area contributed by atoms with Gasteiger partial charge in [0.1, 0.15) is 18.1 Å². The lowest BCUT2D eigenvalue weighted by Crippen LogP contribution is -2.36. The van der Waals surface area contributed by atoms with E-state index in [4.69, 9.17) is 21.1 Å². The number of hydrogen-bond donors (Lipinski definition) is 3. The maximum Gasteiger partial charge on any atom is 0.488 e. The third kappa shape index (κ3) is 6.31. The predicted molar refractivity (Wildman–Crippen MR) is 173 cm³/mol. The van der Waals surface area contributed by atoms with Crippen molar-refractivity contribution in [2.45, 2.75) is 38.7 Å². The van der Waals surface area contributed by atoms with E-state index >= 15 is 0 Å². The molecule has 2 heterocycles. The molecule has 0 spiro atoms. The molecule has 1 aliphatic carbocycles.